The molecule has 8 heteroatoms. The van der Waals surface area contributed by atoms with Gasteiger partial charge in [0, 0.05) is 6.20 Å². The quantitative estimate of drug-likeness (QED) is 0.808. The largest absolute Gasteiger partial charge is 0.417 e. The molecular formula is C8H6F6N2. The molecule has 0 amide bonds. The fourth-order valence-corrected chi connectivity index (χ4v) is 0.857. The van der Waals surface area contributed by atoms with Gasteiger partial charge in [-0.05, 0) is 12.1 Å². The second-order valence-corrected chi connectivity index (χ2v) is 2.90. The predicted molar refractivity (Wildman–Crippen MR) is 43.8 cm³/mol. The van der Waals surface area contributed by atoms with Crippen LogP contribution in [0.1, 0.15) is 5.56 Å². The van der Waals surface area contributed by atoms with Crippen molar-refractivity contribution in [1.29, 1.82) is 0 Å². The summed E-state index contributed by atoms with van der Waals surface area (Å²) in [5.41, 5.74) is -1.01. The second kappa shape index (κ2) is 4.18. The van der Waals surface area contributed by atoms with Gasteiger partial charge in [-0.1, -0.05) is 0 Å². The van der Waals surface area contributed by atoms with Crippen LogP contribution in [0.4, 0.5) is 32.2 Å². The zero-order chi connectivity index (χ0) is 12.4. The lowest BCUT2D eigenvalue weighted by Crippen LogP contribution is -2.21. The number of pyridine rings is 1. The van der Waals surface area contributed by atoms with Crippen molar-refractivity contribution in [2.45, 2.75) is 12.4 Å². The van der Waals surface area contributed by atoms with Crippen LogP contribution in [0, 0.1) is 0 Å². The molecule has 0 aliphatic carbocycles. The van der Waals surface area contributed by atoms with Crippen molar-refractivity contribution in [3.63, 3.8) is 0 Å². The number of hydrogen-bond acceptors (Lipinski definition) is 2. The first kappa shape index (κ1) is 12.6. The molecule has 1 aromatic rings. The Bertz CT molecular complexity index is 339. The SMILES string of the molecule is FC(F)(F)CNc1ccc(C(F)(F)F)cn1. The van der Waals surface area contributed by atoms with E-state index < -0.39 is 24.5 Å². The van der Waals surface area contributed by atoms with Crippen LogP contribution in [0.25, 0.3) is 0 Å². The highest BCUT2D eigenvalue weighted by Crippen LogP contribution is 2.28. The third-order valence-electron chi connectivity index (χ3n) is 1.56. The Balaban J connectivity index is 2.66. The fraction of sp³-hybridized carbons (Fsp3) is 0.375. The van der Waals surface area contributed by atoms with Crippen LogP contribution in [0.3, 0.4) is 0 Å². The molecule has 0 saturated carbocycles. The van der Waals surface area contributed by atoms with Crippen molar-refractivity contribution < 1.29 is 26.3 Å². The third kappa shape index (κ3) is 3.95. The number of hydrogen-bond donors (Lipinski definition) is 1. The molecule has 0 unspecified atom stereocenters. The minimum atomic E-state index is -4.55. The van der Waals surface area contributed by atoms with Crippen LogP contribution in [-0.2, 0) is 6.18 Å². The van der Waals surface area contributed by atoms with Gasteiger partial charge in [-0.25, -0.2) is 4.98 Å². The molecule has 0 saturated heterocycles. The van der Waals surface area contributed by atoms with Crippen molar-refractivity contribution in [3.05, 3.63) is 23.9 Å². The van der Waals surface area contributed by atoms with E-state index in [1.807, 2.05) is 5.32 Å². The fourth-order valence-electron chi connectivity index (χ4n) is 0.857. The van der Waals surface area contributed by atoms with Crippen molar-refractivity contribution in [2.75, 3.05) is 11.9 Å². The first-order valence-corrected chi connectivity index (χ1v) is 4.02. The summed E-state index contributed by atoms with van der Waals surface area (Å²) >= 11 is 0. The van der Waals surface area contributed by atoms with Gasteiger partial charge in [0.2, 0.25) is 0 Å². The van der Waals surface area contributed by atoms with Gasteiger partial charge in [-0.3, -0.25) is 0 Å². The van der Waals surface area contributed by atoms with Crippen LogP contribution >= 0.6 is 0 Å². The summed E-state index contributed by atoms with van der Waals surface area (Å²) in [7, 11) is 0. The highest BCUT2D eigenvalue weighted by atomic mass is 19.4. The van der Waals surface area contributed by atoms with E-state index in [4.69, 9.17) is 0 Å². The van der Waals surface area contributed by atoms with Gasteiger partial charge in [0.1, 0.15) is 12.4 Å². The Morgan fingerprint density at radius 2 is 1.69 bits per heavy atom. The number of anilines is 1. The normalized spacial score (nSPS) is 12.6. The van der Waals surface area contributed by atoms with Gasteiger partial charge in [0.05, 0.1) is 5.56 Å². The van der Waals surface area contributed by atoms with Crippen LogP contribution in [0.15, 0.2) is 18.3 Å². The lowest BCUT2D eigenvalue weighted by molar-refractivity contribution is -0.137. The molecule has 0 fully saturated rings. The molecule has 0 spiro atoms. The predicted octanol–water partition coefficient (Wildman–Crippen LogP) is 3.07. The van der Waals surface area contributed by atoms with Crippen LogP contribution in [0.5, 0.6) is 0 Å². The van der Waals surface area contributed by atoms with E-state index in [0.717, 1.165) is 6.07 Å². The average molecular weight is 244 g/mol. The molecule has 0 aromatic carbocycles. The summed E-state index contributed by atoms with van der Waals surface area (Å²) in [6.07, 6.45) is -8.52. The number of aromatic nitrogens is 1. The molecule has 0 radical (unpaired) electrons. The second-order valence-electron chi connectivity index (χ2n) is 2.90. The first-order chi connectivity index (χ1) is 7.18. The molecule has 0 aliphatic rings. The minimum absolute atomic E-state index is 0.259. The summed E-state index contributed by atoms with van der Waals surface area (Å²) in [6.45, 7) is -1.34. The van der Waals surface area contributed by atoms with Crippen LogP contribution in [0.2, 0.25) is 0 Å². The summed E-state index contributed by atoms with van der Waals surface area (Å²) in [5, 5.41) is 1.86. The maximum Gasteiger partial charge on any atom is 0.417 e. The summed E-state index contributed by atoms with van der Waals surface area (Å²) in [5.74, 6) is -0.259. The standard InChI is InChI=1S/C8H6F6N2/c9-7(10,11)4-16-6-2-1-5(3-15-6)8(12,13)14/h1-3H,4H2,(H,15,16). The molecule has 16 heavy (non-hydrogen) atoms. The van der Waals surface area contributed by atoms with Gasteiger partial charge >= 0.3 is 12.4 Å². The van der Waals surface area contributed by atoms with E-state index in [9.17, 15) is 26.3 Å². The smallest absolute Gasteiger partial charge is 0.361 e. The highest BCUT2D eigenvalue weighted by Gasteiger charge is 2.31. The van der Waals surface area contributed by atoms with Crippen molar-refractivity contribution >= 4 is 5.82 Å². The number of nitrogens with zero attached hydrogens (tertiary/aromatic N) is 1. The third-order valence-corrected chi connectivity index (χ3v) is 1.56. The van der Waals surface area contributed by atoms with E-state index in [1.165, 1.54) is 0 Å². The van der Waals surface area contributed by atoms with E-state index in [0.29, 0.717) is 12.3 Å². The van der Waals surface area contributed by atoms with Gasteiger partial charge < -0.3 is 5.32 Å². The lowest BCUT2D eigenvalue weighted by atomic mass is 10.3. The molecule has 0 bridgehead atoms. The van der Waals surface area contributed by atoms with Gasteiger partial charge in [0.25, 0.3) is 0 Å². The van der Waals surface area contributed by atoms with Gasteiger partial charge in [-0.2, -0.15) is 26.3 Å². The molecule has 1 N–H and O–H groups in total. The Kier molecular flexibility index (Phi) is 3.30. The molecule has 90 valence electrons. The Hall–Kier alpha value is -1.47. The molecule has 1 rings (SSSR count). The van der Waals surface area contributed by atoms with E-state index in [2.05, 4.69) is 4.98 Å². The van der Waals surface area contributed by atoms with E-state index in [-0.39, 0.29) is 5.82 Å². The zero-order valence-electron chi connectivity index (χ0n) is 7.65. The monoisotopic (exact) mass is 244 g/mol. The molecule has 0 atom stereocenters. The summed E-state index contributed by atoms with van der Waals surface area (Å²) < 4.78 is 71.4. The van der Waals surface area contributed by atoms with Crippen molar-refractivity contribution in [2.24, 2.45) is 0 Å². The Morgan fingerprint density at radius 3 is 2.06 bits per heavy atom. The molecule has 1 aromatic heterocycles. The number of rotatable bonds is 2. The van der Waals surface area contributed by atoms with Gasteiger partial charge in [0.15, 0.2) is 0 Å². The highest BCUT2D eigenvalue weighted by molar-refractivity contribution is 5.36. The number of nitrogens with one attached hydrogen (secondary N) is 1. The first-order valence-electron chi connectivity index (χ1n) is 4.02. The molecule has 1 heterocycles. The number of alkyl halides is 6. The molecule has 0 aliphatic heterocycles. The zero-order valence-corrected chi connectivity index (χ0v) is 7.65. The average Bonchev–Trinajstić information content (AvgIpc) is 2.13. The van der Waals surface area contributed by atoms with E-state index in [1.54, 1.807) is 0 Å². The molecule has 2 nitrogen and oxygen atoms in total. The summed E-state index contributed by atoms with van der Waals surface area (Å²) in [4.78, 5) is 3.22. The van der Waals surface area contributed by atoms with Crippen LogP contribution in [-0.4, -0.2) is 17.7 Å². The molecular weight excluding hydrogens is 238 g/mol. The van der Waals surface area contributed by atoms with Crippen LogP contribution < -0.4 is 5.32 Å². The van der Waals surface area contributed by atoms with Crippen molar-refractivity contribution in [3.8, 4) is 0 Å². The topological polar surface area (TPSA) is 24.9 Å². The minimum Gasteiger partial charge on any atom is -0.361 e. The van der Waals surface area contributed by atoms with Gasteiger partial charge in [-0.15, -0.1) is 0 Å². The summed E-state index contributed by atoms with van der Waals surface area (Å²) in [6, 6.07) is 1.50. The maximum absolute atomic E-state index is 12.1. The van der Waals surface area contributed by atoms with Crippen molar-refractivity contribution in [1.82, 2.24) is 4.98 Å². The van der Waals surface area contributed by atoms with E-state index >= 15 is 0 Å². The Labute approximate surface area is 86.3 Å². The Morgan fingerprint density at radius 1 is 1.06 bits per heavy atom. The maximum atomic E-state index is 12.1. The number of halogens is 6. The lowest BCUT2D eigenvalue weighted by Gasteiger charge is -2.10.